The van der Waals surface area contributed by atoms with Crippen LogP contribution in [0.2, 0.25) is 0 Å². The Hall–Kier alpha value is -2.37. The second-order valence-corrected chi connectivity index (χ2v) is 4.12. The van der Waals surface area contributed by atoms with Gasteiger partial charge in [-0.1, -0.05) is 12.1 Å². The molecule has 92 valence electrons. The maximum absolute atomic E-state index is 11.8. The van der Waals surface area contributed by atoms with Crippen LogP contribution in [0, 0.1) is 0 Å². The summed E-state index contributed by atoms with van der Waals surface area (Å²) in [6.07, 6.45) is 2.70. The van der Waals surface area contributed by atoms with Crippen molar-refractivity contribution in [2.24, 2.45) is 0 Å². The monoisotopic (exact) mass is 244 g/mol. The van der Waals surface area contributed by atoms with Crippen LogP contribution in [0.4, 0.5) is 5.82 Å². The van der Waals surface area contributed by atoms with E-state index in [4.69, 9.17) is 4.74 Å². The minimum absolute atomic E-state index is 0.109. The lowest BCUT2D eigenvalue weighted by Crippen LogP contribution is -2.14. The summed E-state index contributed by atoms with van der Waals surface area (Å²) in [5.74, 6) is 1.25. The number of H-pyrrole nitrogens is 1. The molecule has 18 heavy (non-hydrogen) atoms. The van der Waals surface area contributed by atoms with Crippen molar-refractivity contribution in [3.63, 3.8) is 0 Å². The van der Waals surface area contributed by atoms with Gasteiger partial charge in [0.05, 0.1) is 19.2 Å². The molecule has 1 amide bonds. The van der Waals surface area contributed by atoms with Crippen LogP contribution in [0.5, 0.6) is 5.75 Å². The summed E-state index contributed by atoms with van der Waals surface area (Å²) in [7, 11) is 0. The van der Waals surface area contributed by atoms with Crippen molar-refractivity contribution in [1.29, 1.82) is 0 Å². The van der Waals surface area contributed by atoms with Crippen LogP contribution in [0.3, 0.4) is 0 Å². The van der Waals surface area contributed by atoms with Gasteiger partial charge >= 0.3 is 0 Å². The summed E-state index contributed by atoms with van der Waals surface area (Å²) in [5.41, 5.74) is 2.14. The van der Waals surface area contributed by atoms with Gasteiger partial charge in [-0.05, 0) is 17.2 Å². The number of ether oxygens (including phenoxy) is 1. The van der Waals surface area contributed by atoms with E-state index in [9.17, 15) is 4.79 Å². The highest BCUT2D eigenvalue weighted by molar-refractivity contribution is 5.91. The molecule has 0 atom stereocenters. The van der Waals surface area contributed by atoms with Crippen molar-refractivity contribution < 1.29 is 9.53 Å². The molecule has 2 heterocycles. The number of anilines is 1. The van der Waals surface area contributed by atoms with Crippen LogP contribution < -0.4 is 10.1 Å². The standard InChI is InChI=1S/C12H12N4O2/c17-12(14-11-7-13-16-15-11)6-8-1-2-10-9(5-8)3-4-18-10/h1-2,5,7H,3-4,6H2,(H2,13,14,15,16,17). The van der Waals surface area contributed by atoms with Crippen molar-refractivity contribution >= 4 is 11.7 Å². The summed E-state index contributed by atoms with van der Waals surface area (Å²) in [4.78, 5) is 11.8. The molecule has 0 aliphatic carbocycles. The maximum atomic E-state index is 11.8. The van der Waals surface area contributed by atoms with E-state index in [1.165, 1.54) is 11.8 Å². The van der Waals surface area contributed by atoms with Crippen molar-refractivity contribution in [1.82, 2.24) is 15.4 Å². The number of amides is 1. The van der Waals surface area contributed by atoms with Crippen molar-refractivity contribution in [2.45, 2.75) is 12.8 Å². The summed E-state index contributed by atoms with van der Waals surface area (Å²) >= 11 is 0. The SMILES string of the molecule is O=C(Cc1ccc2c(c1)CCO2)Nc1cn[nH]n1. The number of rotatable bonds is 3. The Morgan fingerprint density at radius 2 is 2.44 bits per heavy atom. The van der Waals surface area contributed by atoms with E-state index in [0.29, 0.717) is 12.2 Å². The molecule has 1 aliphatic heterocycles. The van der Waals surface area contributed by atoms with E-state index in [1.54, 1.807) is 0 Å². The predicted octanol–water partition coefficient (Wildman–Crippen LogP) is 0.921. The Labute approximate surface area is 103 Å². The van der Waals surface area contributed by atoms with Gasteiger partial charge < -0.3 is 10.1 Å². The lowest BCUT2D eigenvalue weighted by molar-refractivity contribution is -0.115. The summed E-state index contributed by atoms with van der Waals surface area (Å²) in [6.45, 7) is 0.726. The first-order valence-electron chi connectivity index (χ1n) is 5.71. The fourth-order valence-corrected chi connectivity index (χ4v) is 1.98. The zero-order valence-corrected chi connectivity index (χ0v) is 9.64. The first kappa shape index (κ1) is 10.8. The van der Waals surface area contributed by atoms with E-state index in [0.717, 1.165) is 24.3 Å². The molecule has 1 aromatic heterocycles. The van der Waals surface area contributed by atoms with Gasteiger partial charge in [-0.3, -0.25) is 4.79 Å². The Morgan fingerprint density at radius 1 is 1.50 bits per heavy atom. The van der Waals surface area contributed by atoms with Crippen molar-refractivity contribution in [3.8, 4) is 5.75 Å². The van der Waals surface area contributed by atoms with Crippen LogP contribution in [-0.2, 0) is 17.6 Å². The van der Waals surface area contributed by atoms with Crippen LogP contribution in [-0.4, -0.2) is 27.9 Å². The molecule has 0 saturated carbocycles. The smallest absolute Gasteiger partial charge is 0.230 e. The molecule has 3 rings (SSSR count). The van der Waals surface area contributed by atoms with Gasteiger partial charge in [-0.2, -0.15) is 10.3 Å². The molecular weight excluding hydrogens is 232 g/mol. The predicted molar refractivity (Wildman–Crippen MR) is 64.4 cm³/mol. The Balaban J connectivity index is 1.67. The zero-order valence-electron chi connectivity index (χ0n) is 9.64. The van der Waals surface area contributed by atoms with Gasteiger partial charge in [0.15, 0.2) is 5.82 Å². The van der Waals surface area contributed by atoms with Gasteiger partial charge in [-0.25, -0.2) is 0 Å². The summed E-state index contributed by atoms with van der Waals surface area (Å²) in [6, 6.07) is 5.85. The van der Waals surface area contributed by atoms with Crippen molar-refractivity contribution in [3.05, 3.63) is 35.5 Å². The normalized spacial score (nSPS) is 12.9. The molecular formula is C12H12N4O2. The van der Waals surface area contributed by atoms with Gasteiger partial charge in [-0.15, -0.1) is 5.10 Å². The van der Waals surface area contributed by atoms with Crippen LogP contribution in [0.25, 0.3) is 0 Å². The van der Waals surface area contributed by atoms with E-state index < -0.39 is 0 Å². The number of aromatic amines is 1. The Bertz CT molecular complexity index is 565. The first-order valence-corrected chi connectivity index (χ1v) is 5.71. The maximum Gasteiger partial charge on any atom is 0.230 e. The highest BCUT2D eigenvalue weighted by atomic mass is 16.5. The number of hydrogen-bond acceptors (Lipinski definition) is 4. The third kappa shape index (κ3) is 2.17. The number of hydrogen-bond donors (Lipinski definition) is 2. The van der Waals surface area contributed by atoms with Gasteiger partial charge in [0, 0.05) is 6.42 Å². The molecule has 0 unspecified atom stereocenters. The average molecular weight is 244 g/mol. The van der Waals surface area contributed by atoms with Gasteiger partial charge in [0.1, 0.15) is 5.75 Å². The number of carbonyl (C=O) groups excluding carboxylic acids is 1. The van der Waals surface area contributed by atoms with Gasteiger partial charge in [0.2, 0.25) is 5.91 Å². The molecule has 0 spiro atoms. The van der Waals surface area contributed by atoms with E-state index >= 15 is 0 Å². The molecule has 6 heteroatoms. The molecule has 1 aromatic carbocycles. The van der Waals surface area contributed by atoms with Crippen LogP contribution in [0.1, 0.15) is 11.1 Å². The number of carbonyl (C=O) groups is 1. The number of nitrogens with zero attached hydrogens (tertiary/aromatic N) is 2. The number of benzene rings is 1. The lowest BCUT2D eigenvalue weighted by Gasteiger charge is -2.04. The Morgan fingerprint density at radius 3 is 3.28 bits per heavy atom. The number of nitrogens with one attached hydrogen (secondary N) is 2. The lowest BCUT2D eigenvalue weighted by atomic mass is 10.1. The van der Waals surface area contributed by atoms with E-state index in [-0.39, 0.29) is 5.91 Å². The molecule has 1 aliphatic rings. The topological polar surface area (TPSA) is 79.9 Å². The van der Waals surface area contributed by atoms with Crippen LogP contribution in [0.15, 0.2) is 24.4 Å². The fourth-order valence-electron chi connectivity index (χ4n) is 1.98. The highest BCUT2D eigenvalue weighted by Gasteiger charge is 2.13. The molecule has 0 saturated heterocycles. The highest BCUT2D eigenvalue weighted by Crippen LogP contribution is 2.26. The minimum Gasteiger partial charge on any atom is -0.493 e. The molecule has 0 radical (unpaired) electrons. The van der Waals surface area contributed by atoms with Crippen LogP contribution >= 0.6 is 0 Å². The summed E-state index contributed by atoms with van der Waals surface area (Å²) in [5, 5.41) is 12.5. The fraction of sp³-hybridized carbons (Fsp3) is 0.250. The molecule has 0 fully saturated rings. The zero-order chi connectivity index (χ0) is 12.4. The number of aromatic nitrogens is 3. The Kier molecular flexibility index (Phi) is 2.68. The van der Waals surface area contributed by atoms with E-state index in [2.05, 4.69) is 20.7 Å². The third-order valence-corrected chi connectivity index (χ3v) is 2.80. The first-order chi connectivity index (χ1) is 8.81. The van der Waals surface area contributed by atoms with Gasteiger partial charge in [0.25, 0.3) is 0 Å². The second kappa shape index (κ2) is 4.48. The minimum atomic E-state index is -0.109. The third-order valence-electron chi connectivity index (χ3n) is 2.80. The summed E-state index contributed by atoms with van der Waals surface area (Å²) < 4.78 is 5.42. The van der Waals surface area contributed by atoms with Crippen molar-refractivity contribution in [2.75, 3.05) is 11.9 Å². The second-order valence-electron chi connectivity index (χ2n) is 4.12. The quantitative estimate of drug-likeness (QED) is 0.841. The molecule has 6 nitrogen and oxygen atoms in total. The molecule has 2 aromatic rings. The number of fused-ring (bicyclic) bond motifs is 1. The van der Waals surface area contributed by atoms with E-state index in [1.807, 2.05) is 18.2 Å². The average Bonchev–Trinajstić information content (AvgIpc) is 2.98. The largest absolute Gasteiger partial charge is 0.493 e. The molecule has 0 bridgehead atoms. The molecule has 2 N–H and O–H groups in total.